The average Bonchev–Trinajstić information content (AvgIpc) is 2.51. The van der Waals surface area contributed by atoms with Gasteiger partial charge in [-0.3, -0.25) is 9.69 Å². The molecule has 2 rings (SSSR count). The van der Waals surface area contributed by atoms with Crippen molar-refractivity contribution in [1.29, 1.82) is 0 Å². The maximum atomic E-state index is 13.7. The van der Waals surface area contributed by atoms with Crippen molar-refractivity contribution >= 4 is 11.6 Å². The molecule has 0 heterocycles. The number of rotatable bonds is 6. The highest BCUT2D eigenvalue weighted by Crippen LogP contribution is 2.20. The van der Waals surface area contributed by atoms with E-state index < -0.39 is 11.9 Å². The third-order valence-corrected chi connectivity index (χ3v) is 3.91. The van der Waals surface area contributed by atoms with Crippen LogP contribution < -0.4 is 5.32 Å². The maximum absolute atomic E-state index is 13.7. The van der Waals surface area contributed by atoms with Gasteiger partial charge >= 0.3 is 0 Å². The Morgan fingerprint density at radius 1 is 1.17 bits per heavy atom. The predicted octanol–water partition coefficient (Wildman–Crippen LogP) is 3.05. The first-order valence-electron chi connectivity index (χ1n) is 7.85. The molecule has 4 nitrogen and oxygen atoms in total. The number of benzene rings is 2. The lowest BCUT2D eigenvalue weighted by Crippen LogP contribution is -2.33. The van der Waals surface area contributed by atoms with Crippen molar-refractivity contribution in [3.63, 3.8) is 0 Å². The highest BCUT2D eigenvalue weighted by atomic mass is 19.1. The van der Waals surface area contributed by atoms with Crippen molar-refractivity contribution in [3.8, 4) is 0 Å². The third kappa shape index (κ3) is 4.63. The summed E-state index contributed by atoms with van der Waals surface area (Å²) in [4.78, 5) is 13.9. The van der Waals surface area contributed by atoms with E-state index in [2.05, 4.69) is 5.32 Å². The first-order valence-corrected chi connectivity index (χ1v) is 7.85. The zero-order valence-electron chi connectivity index (χ0n) is 14.2. The van der Waals surface area contributed by atoms with Crippen LogP contribution in [-0.2, 0) is 4.79 Å². The van der Waals surface area contributed by atoms with Crippen LogP contribution in [0, 0.1) is 19.7 Å². The van der Waals surface area contributed by atoms with E-state index in [1.54, 1.807) is 30.1 Å². The molecule has 128 valence electrons. The van der Waals surface area contributed by atoms with Gasteiger partial charge in [-0.2, -0.15) is 0 Å². The summed E-state index contributed by atoms with van der Waals surface area (Å²) in [6.07, 6.45) is -0.982. The van der Waals surface area contributed by atoms with Crippen LogP contribution in [0.4, 0.5) is 10.1 Å². The molecule has 0 aromatic heterocycles. The van der Waals surface area contributed by atoms with Crippen LogP contribution in [0.2, 0.25) is 0 Å². The second-order valence-electron chi connectivity index (χ2n) is 6.05. The summed E-state index contributed by atoms with van der Waals surface area (Å²) in [5.41, 5.74) is 3.04. The van der Waals surface area contributed by atoms with Gasteiger partial charge in [0.1, 0.15) is 5.82 Å². The van der Waals surface area contributed by atoms with Gasteiger partial charge in [-0.1, -0.05) is 36.4 Å². The number of aliphatic hydroxyl groups is 1. The Kier molecular flexibility index (Phi) is 6.06. The molecular weight excluding hydrogens is 307 g/mol. The molecule has 0 spiro atoms. The number of carbonyl (C=O) groups is 1. The smallest absolute Gasteiger partial charge is 0.238 e. The van der Waals surface area contributed by atoms with Gasteiger partial charge in [-0.05, 0) is 38.1 Å². The minimum atomic E-state index is -0.982. The zero-order chi connectivity index (χ0) is 17.7. The fourth-order valence-electron chi connectivity index (χ4n) is 2.64. The Bertz CT molecular complexity index is 698. The molecule has 5 heteroatoms. The van der Waals surface area contributed by atoms with E-state index in [1.807, 2.05) is 32.0 Å². The number of nitrogens with zero attached hydrogens (tertiary/aromatic N) is 1. The summed E-state index contributed by atoms with van der Waals surface area (Å²) in [7, 11) is 1.72. The zero-order valence-corrected chi connectivity index (χ0v) is 14.2. The summed E-state index contributed by atoms with van der Waals surface area (Å²) in [5, 5.41) is 13.0. The lowest BCUT2D eigenvalue weighted by Gasteiger charge is -2.21. The number of amides is 1. The number of para-hydroxylation sites is 1. The molecule has 1 atom stereocenters. The molecule has 0 aliphatic rings. The molecule has 1 amide bonds. The Morgan fingerprint density at radius 3 is 2.42 bits per heavy atom. The van der Waals surface area contributed by atoms with Gasteiger partial charge in [0.2, 0.25) is 5.91 Å². The number of aliphatic hydroxyl groups excluding tert-OH is 1. The minimum Gasteiger partial charge on any atom is -0.387 e. The Morgan fingerprint density at radius 2 is 1.79 bits per heavy atom. The largest absolute Gasteiger partial charge is 0.387 e. The first kappa shape index (κ1) is 18.1. The lowest BCUT2D eigenvalue weighted by atomic mass is 10.1. The monoisotopic (exact) mass is 330 g/mol. The normalized spacial score (nSPS) is 12.2. The number of nitrogens with one attached hydrogen (secondary N) is 1. The molecule has 24 heavy (non-hydrogen) atoms. The van der Waals surface area contributed by atoms with Crippen LogP contribution in [0.15, 0.2) is 42.5 Å². The number of hydrogen-bond acceptors (Lipinski definition) is 3. The number of likely N-dealkylation sites (N-methyl/N-ethyl adjacent to an activating group) is 1. The van der Waals surface area contributed by atoms with Crippen molar-refractivity contribution in [1.82, 2.24) is 4.90 Å². The molecule has 0 aliphatic heterocycles. The summed E-state index contributed by atoms with van der Waals surface area (Å²) in [6.45, 7) is 4.16. The lowest BCUT2D eigenvalue weighted by molar-refractivity contribution is -0.117. The van der Waals surface area contributed by atoms with Crippen LogP contribution in [0.25, 0.3) is 0 Å². The Labute approximate surface area is 141 Å². The van der Waals surface area contributed by atoms with Crippen LogP contribution in [0.3, 0.4) is 0 Å². The van der Waals surface area contributed by atoms with Crippen LogP contribution in [-0.4, -0.2) is 36.1 Å². The number of anilines is 1. The van der Waals surface area contributed by atoms with E-state index in [4.69, 9.17) is 0 Å². The molecule has 0 radical (unpaired) electrons. The van der Waals surface area contributed by atoms with E-state index in [9.17, 15) is 14.3 Å². The van der Waals surface area contributed by atoms with E-state index in [0.29, 0.717) is 0 Å². The molecular formula is C19H23FN2O2. The quantitative estimate of drug-likeness (QED) is 0.856. The van der Waals surface area contributed by atoms with E-state index in [0.717, 1.165) is 16.8 Å². The molecule has 0 saturated heterocycles. The molecule has 1 unspecified atom stereocenters. The summed E-state index contributed by atoms with van der Waals surface area (Å²) < 4.78 is 13.7. The number of carbonyl (C=O) groups excluding carboxylic acids is 1. The van der Waals surface area contributed by atoms with Crippen molar-refractivity contribution in [2.45, 2.75) is 20.0 Å². The van der Waals surface area contributed by atoms with Crippen LogP contribution in [0.1, 0.15) is 22.8 Å². The summed E-state index contributed by atoms with van der Waals surface area (Å²) in [6, 6.07) is 11.9. The number of halogens is 1. The second-order valence-corrected chi connectivity index (χ2v) is 6.05. The third-order valence-electron chi connectivity index (χ3n) is 3.91. The van der Waals surface area contributed by atoms with Gasteiger partial charge < -0.3 is 10.4 Å². The van der Waals surface area contributed by atoms with Crippen LogP contribution in [0.5, 0.6) is 0 Å². The fourth-order valence-corrected chi connectivity index (χ4v) is 2.64. The number of aryl methyl sites for hydroxylation is 2. The highest BCUT2D eigenvalue weighted by Gasteiger charge is 2.16. The minimum absolute atomic E-state index is 0.110. The van der Waals surface area contributed by atoms with Gasteiger partial charge in [0.25, 0.3) is 0 Å². The molecule has 2 N–H and O–H groups in total. The summed E-state index contributed by atoms with van der Waals surface area (Å²) >= 11 is 0. The maximum Gasteiger partial charge on any atom is 0.238 e. The van der Waals surface area contributed by atoms with Crippen molar-refractivity contribution in [2.75, 3.05) is 25.5 Å². The van der Waals surface area contributed by atoms with Crippen molar-refractivity contribution in [3.05, 3.63) is 65.0 Å². The fraction of sp³-hybridized carbons (Fsp3) is 0.316. The van der Waals surface area contributed by atoms with Gasteiger partial charge in [-0.25, -0.2) is 4.39 Å². The van der Waals surface area contributed by atoms with Crippen LogP contribution >= 0.6 is 0 Å². The van der Waals surface area contributed by atoms with Gasteiger partial charge in [0.05, 0.1) is 12.6 Å². The topological polar surface area (TPSA) is 52.6 Å². The molecule has 0 bridgehead atoms. The van der Waals surface area contributed by atoms with Crippen molar-refractivity contribution in [2.24, 2.45) is 0 Å². The average molecular weight is 330 g/mol. The Hall–Kier alpha value is -2.24. The SMILES string of the molecule is Cc1cccc(C)c1NC(=O)CN(C)CC(O)c1ccccc1F. The second kappa shape index (κ2) is 8.04. The summed E-state index contributed by atoms with van der Waals surface area (Å²) in [5.74, 6) is -0.617. The standard InChI is InChI=1S/C19H23FN2O2/c1-13-7-6-8-14(2)19(13)21-18(24)12-22(3)11-17(23)15-9-4-5-10-16(15)20/h4-10,17,23H,11-12H2,1-3H3,(H,21,24). The highest BCUT2D eigenvalue weighted by molar-refractivity contribution is 5.93. The van der Waals surface area contributed by atoms with E-state index in [1.165, 1.54) is 6.07 Å². The molecule has 0 fully saturated rings. The van der Waals surface area contributed by atoms with E-state index in [-0.39, 0.29) is 24.6 Å². The Balaban J connectivity index is 1.93. The first-order chi connectivity index (χ1) is 11.4. The predicted molar refractivity (Wildman–Crippen MR) is 93.4 cm³/mol. The molecule has 2 aromatic carbocycles. The van der Waals surface area contributed by atoms with Gasteiger partial charge in [0.15, 0.2) is 0 Å². The van der Waals surface area contributed by atoms with Gasteiger partial charge in [-0.15, -0.1) is 0 Å². The molecule has 2 aromatic rings. The molecule has 0 saturated carbocycles. The van der Waals surface area contributed by atoms with Crippen molar-refractivity contribution < 1.29 is 14.3 Å². The molecule has 0 aliphatic carbocycles. The number of hydrogen-bond donors (Lipinski definition) is 2. The van der Waals surface area contributed by atoms with Gasteiger partial charge in [0, 0.05) is 17.8 Å². The van der Waals surface area contributed by atoms with E-state index >= 15 is 0 Å².